The molecule has 4 nitrogen and oxygen atoms in total. The molecule has 1 aromatic carbocycles. The molecule has 0 amide bonds. The highest BCUT2D eigenvalue weighted by atomic mass is 19.2. The average Bonchev–Trinajstić information content (AvgIpc) is 3.06. The van der Waals surface area contributed by atoms with Crippen molar-refractivity contribution in [2.24, 2.45) is 0 Å². The van der Waals surface area contributed by atoms with Crippen LogP contribution in [0, 0.1) is 17.6 Å². The molecule has 144 valence electrons. The predicted molar refractivity (Wildman–Crippen MR) is 95.5 cm³/mol. The Bertz CT molecular complexity index is 827. The van der Waals surface area contributed by atoms with Gasteiger partial charge >= 0.3 is 0 Å². The van der Waals surface area contributed by atoms with Crippen molar-refractivity contribution in [1.82, 2.24) is 4.98 Å². The smallest absolute Gasteiger partial charge is 0.251 e. The first-order valence-corrected chi connectivity index (χ1v) is 8.86. The lowest BCUT2D eigenvalue weighted by Gasteiger charge is -2.19. The van der Waals surface area contributed by atoms with Crippen molar-refractivity contribution in [3.8, 4) is 5.75 Å². The average molecular weight is 378 g/mol. The Hall–Kier alpha value is -2.57. The molecule has 2 atom stereocenters. The number of carbonyl (C=O) groups excluding carboxylic acids is 1. The summed E-state index contributed by atoms with van der Waals surface area (Å²) in [6.07, 6.45) is 0.896. The molecule has 2 aromatic rings. The molecule has 0 N–H and O–H groups in total. The van der Waals surface area contributed by atoms with Gasteiger partial charge in [0.1, 0.15) is 17.6 Å². The molecule has 3 rings (SSSR count). The zero-order valence-electron chi connectivity index (χ0n) is 15.2. The van der Waals surface area contributed by atoms with Crippen molar-refractivity contribution in [2.75, 3.05) is 18.0 Å². The van der Waals surface area contributed by atoms with Crippen molar-refractivity contribution < 1.29 is 22.7 Å². The summed E-state index contributed by atoms with van der Waals surface area (Å²) in [4.78, 5) is 16.2. The lowest BCUT2D eigenvalue weighted by Crippen LogP contribution is -2.26. The molecular formula is C20H21F3N2O2. The lowest BCUT2D eigenvalue weighted by atomic mass is 9.96. The lowest BCUT2D eigenvalue weighted by molar-refractivity contribution is -0.117. The van der Waals surface area contributed by atoms with Crippen molar-refractivity contribution in [3.05, 3.63) is 53.5 Å². The highest BCUT2D eigenvalue weighted by Gasteiger charge is 2.28. The first-order chi connectivity index (χ1) is 12.8. The van der Waals surface area contributed by atoms with Gasteiger partial charge in [-0.2, -0.15) is 9.37 Å². The van der Waals surface area contributed by atoms with Crippen LogP contribution in [0.2, 0.25) is 0 Å². The quantitative estimate of drug-likeness (QED) is 0.705. The minimum atomic E-state index is -1.31. The van der Waals surface area contributed by atoms with E-state index in [0.29, 0.717) is 37.7 Å². The number of nitrogens with zero attached hydrogens (tertiary/aromatic N) is 2. The van der Waals surface area contributed by atoms with Gasteiger partial charge in [0.05, 0.1) is 6.54 Å². The minimum Gasteiger partial charge on any atom is -0.489 e. The number of rotatable bonds is 6. The van der Waals surface area contributed by atoms with E-state index in [9.17, 15) is 18.0 Å². The molecule has 1 fully saturated rings. The molecule has 0 saturated carbocycles. The van der Waals surface area contributed by atoms with E-state index in [4.69, 9.17) is 4.74 Å². The second kappa shape index (κ2) is 7.98. The predicted octanol–water partition coefficient (Wildman–Crippen LogP) is 4.24. The van der Waals surface area contributed by atoms with Crippen LogP contribution in [0.25, 0.3) is 0 Å². The fraction of sp³-hybridized carbons (Fsp3) is 0.400. The molecule has 7 heteroatoms. The third-order valence-electron chi connectivity index (χ3n) is 4.66. The molecule has 1 aliphatic heterocycles. The number of anilines is 1. The van der Waals surface area contributed by atoms with Crippen molar-refractivity contribution in [1.29, 1.82) is 0 Å². The van der Waals surface area contributed by atoms with Crippen LogP contribution < -0.4 is 9.64 Å². The summed E-state index contributed by atoms with van der Waals surface area (Å²) in [5.41, 5.74) is 1.05. The Kier molecular flexibility index (Phi) is 5.68. The molecule has 1 saturated heterocycles. The fourth-order valence-corrected chi connectivity index (χ4v) is 3.29. The Balaban J connectivity index is 1.62. The van der Waals surface area contributed by atoms with Crippen LogP contribution in [0.1, 0.15) is 38.2 Å². The Morgan fingerprint density at radius 1 is 1.26 bits per heavy atom. The van der Waals surface area contributed by atoms with E-state index >= 15 is 0 Å². The van der Waals surface area contributed by atoms with E-state index in [-0.39, 0.29) is 23.6 Å². The molecule has 1 aromatic heterocycles. The maximum atomic E-state index is 13.9. The summed E-state index contributed by atoms with van der Waals surface area (Å²) < 4.78 is 46.1. The van der Waals surface area contributed by atoms with E-state index in [1.54, 1.807) is 11.8 Å². The Labute approximate surface area is 156 Å². The summed E-state index contributed by atoms with van der Waals surface area (Å²) in [5, 5.41) is 0. The van der Waals surface area contributed by atoms with Gasteiger partial charge in [-0.3, -0.25) is 0 Å². The van der Waals surface area contributed by atoms with Gasteiger partial charge in [-0.25, -0.2) is 8.78 Å². The van der Waals surface area contributed by atoms with Crippen LogP contribution in [0.15, 0.2) is 30.3 Å². The zero-order valence-corrected chi connectivity index (χ0v) is 15.2. The van der Waals surface area contributed by atoms with E-state index < -0.39 is 17.6 Å². The van der Waals surface area contributed by atoms with Crippen LogP contribution in [-0.2, 0) is 4.79 Å². The van der Waals surface area contributed by atoms with E-state index in [0.717, 1.165) is 5.56 Å². The van der Waals surface area contributed by atoms with Gasteiger partial charge in [-0.05, 0) is 30.5 Å². The van der Waals surface area contributed by atoms with Gasteiger partial charge < -0.3 is 14.4 Å². The maximum Gasteiger partial charge on any atom is 0.251 e. The number of ketones is 1. The number of carbonyl (C=O) groups is 1. The van der Waals surface area contributed by atoms with E-state index in [1.807, 2.05) is 31.2 Å². The summed E-state index contributed by atoms with van der Waals surface area (Å²) in [7, 11) is 0. The summed E-state index contributed by atoms with van der Waals surface area (Å²) in [6.45, 7) is 4.34. The zero-order chi connectivity index (χ0) is 19.6. The largest absolute Gasteiger partial charge is 0.489 e. The minimum absolute atomic E-state index is 0.140. The molecular weight excluding hydrogens is 357 g/mol. The fourth-order valence-electron chi connectivity index (χ4n) is 3.29. The molecule has 0 bridgehead atoms. The first kappa shape index (κ1) is 19.2. The number of benzene rings is 1. The highest BCUT2D eigenvalue weighted by molar-refractivity contribution is 5.76. The van der Waals surface area contributed by atoms with E-state index in [2.05, 4.69) is 4.98 Å². The normalized spacial score (nSPS) is 17.8. The summed E-state index contributed by atoms with van der Waals surface area (Å²) >= 11 is 0. The molecule has 0 spiro atoms. The van der Waals surface area contributed by atoms with Gasteiger partial charge in [0, 0.05) is 25.5 Å². The molecule has 0 unspecified atom stereocenters. The van der Waals surface area contributed by atoms with Crippen molar-refractivity contribution in [3.63, 3.8) is 0 Å². The number of aromatic nitrogens is 1. The number of ether oxygens (including phenoxy) is 1. The maximum absolute atomic E-state index is 13.9. The third kappa shape index (κ3) is 4.59. The van der Waals surface area contributed by atoms with E-state index in [1.165, 1.54) is 0 Å². The monoisotopic (exact) mass is 378 g/mol. The second-order valence-corrected chi connectivity index (χ2v) is 6.92. The van der Waals surface area contributed by atoms with Crippen molar-refractivity contribution >= 4 is 11.6 Å². The van der Waals surface area contributed by atoms with Gasteiger partial charge in [0.2, 0.25) is 0 Å². The van der Waals surface area contributed by atoms with Crippen LogP contribution in [0.3, 0.4) is 0 Å². The molecule has 0 aliphatic carbocycles. The highest BCUT2D eigenvalue weighted by Crippen LogP contribution is 2.27. The van der Waals surface area contributed by atoms with Gasteiger partial charge in [0.15, 0.2) is 17.5 Å². The van der Waals surface area contributed by atoms with Crippen LogP contribution in [-0.4, -0.2) is 30.0 Å². The first-order valence-electron chi connectivity index (χ1n) is 8.86. The molecule has 1 aliphatic rings. The second-order valence-electron chi connectivity index (χ2n) is 6.92. The summed E-state index contributed by atoms with van der Waals surface area (Å²) in [5.74, 6) is -2.76. The Morgan fingerprint density at radius 2 is 1.96 bits per heavy atom. The number of hydrogen-bond donors (Lipinski definition) is 0. The number of hydrogen-bond acceptors (Lipinski definition) is 4. The van der Waals surface area contributed by atoms with Gasteiger partial charge in [-0.1, -0.05) is 19.1 Å². The Morgan fingerprint density at radius 3 is 2.63 bits per heavy atom. The van der Waals surface area contributed by atoms with Crippen LogP contribution in [0.5, 0.6) is 5.75 Å². The standard InChI is InChI=1S/C20H21F3N2O2/c1-12(9-13(2)26)14-3-5-15(6-4-14)27-16-7-8-25(11-16)20-18(22)10-17(21)19(23)24-20/h3-6,10,12,16H,7-9,11H2,1-2H3/t12-,16-/m1/s1. The number of halogens is 3. The third-order valence-corrected chi connectivity index (χ3v) is 4.66. The molecule has 2 heterocycles. The van der Waals surface area contributed by atoms with Crippen LogP contribution in [0.4, 0.5) is 19.0 Å². The topological polar surface area (TPSA) is 42.4 Å². The molecule has 27 heavy (non-hydrogen) atoms. The summed E-state index contributed by atoms with van der Waals surface area (Å²) in [6, 6.07) is 8.03. The SMILES string of the molecule is CC(=O)C[C@@H](C)c1ccc(O[C@@H]2CCN(c3nc(F)c(F)cc3F)C2)cc1. The van der Waals surface area contributed by atoms with Crippen LogP contribution >= 0.6 is 0 Å². The van der Waals surface area contributed by atoms with Gasteiger partial charge in [0.25, 0.3) is 5.95 Å². The number of pyridine rings is 1. The van der Waals surface area contributed by atoms with Gasteiger partial charge in [-0.15, -0.1) is 0 Å². The molecule has 0 radical (unpaired) electrons. The number of Topliss-reactive ketones (excluding diaryl/α,β-unsaturated/α-hetero) is 1. The van der Waals surface area contributed by atoms with Crippen molar-refractivity contribution in [2.45, 2.75) is 38.7 Å².